The fourth-order valence-electron chi connectivity index (χ4n) is 4.00. The minimum Gasteiger partial charge on any atom is -0.496 e. The Hall–Kier alpha value is -2.60. The van der Waals surface area contributed by atoms with Gasteiger partial charge < -0.3 is 15.3 Å². The number of nitrogens with zero attached hydrogens (tertiary/aromatic N) is 2. The van der Waals surface area contributed by atoms with Crippen molar-refractivity contribution < 1.29 is 14.3 Å². The number of nitrogens with one attached hydrogen (secondary N) is 1. The van der Waals surface area contributed by atoms with Crippen LogP contribution in [0.4, 0.5) is 10.1 Å². The van der Waals surface area contributed by atoms with Crippen LogP contribution in [0.3, 0.4) is 0 Å². The molecule has 0 atom stereocenters. The van der Waals surface area contributed by atoms with Crippen molar-refractivity contribution in [2.75, 3.05) is 32.1 Å². The van der Waals surface area contributed by atoms with E-state index in [0.29, 0.717) is 18.0 Å². The summed E-state index contributed by atoms with van der Waals surface area (Å²) >= 11 is 0. The minimum absolute atomic E-state index is 0.296. The highest BCUT2D eigenvalue weighted by atomic mass is 19.1. The van der Waals surface area contributed by atoms with Gasteiger partial charge in [-0.1, -0.05) is 12.1 Å². The van der Waals surface area contributed by atoms with Crippen LogP contribution in [0.5, 0.6) is 5.75 Å². The smallest absolute Gasteiger partial charge is 0.126 e. The largest absolute Gasteiger partial charge is 0.496 e. The van der Waals surface area contributed by atoms with Gasteiger partial charge in [0.15, 0.2) is 0 Å². The fourth-order valence-corrected chi connectivity index (χ4v) is 4.00. The lowest BCUT2D eigenvalue weighted by Gasteiger charge is -2.31. The average Bonchev–Trinajstić information content (AvgIpc) is 3.10. The van der Waals surface area contributed by atoms with Crippen molar-refractivity contribution in [2.24, 2.45) is 5.16 Å². The van der Waals surface area contributed by atoms with Crippen molar-refractivity contribution >= 4 is 11.4 Å². The fraction of sp³-hybridized carbons (Fsp3) is 0.350. The molecule has 0 saturated heterocycles. The molecule has 0 aliphatic carbocycles. The first kappa shape index (κ1) is 16.8. The van der Waals surface area contributed by atoms with Gasteiger partial charge in [-0.15, -0.1) is 0 Å². The van der Waals surface area contributed by atoms with Crippen LogP contribution in [0, 0.1) is 5.82 Å². The lowest BCUT2D eigenvalue weighted by atomic mass is 9.86. The molecule has 0 radical (unpaired) electrons. The van der Waals surface area contributed by atoms with Gasteiger partial charge in [0.2, 0.25) is 0 Å². The van der Waals surface area contributed by atoms with Gasteiger partial charge in [-0.05, 0) is 53.9 Å². The van der Waals surface area contributed by atoms with Crippen LogP contribution in [0.2, 0.25) is 0 Å². The van der Waals surface area contributed by atoms with Crippen LogP contribution in [-0.2, 0) is 13.0 Å². The third-order valence-corrected chi connectivity index (χ3v) is 5.37. The van der Waals surface area contributed by atoms with Gasteiger partial charge in [0.1, 0.15) is 17.3 Å². The van der Waals surface area contributed by atoms with E-state index in [0.717, 1.165) is 48.4 Å². The van der Waals surface area contributed by atoms with Crippen LogP contribution < -0.4 is 10.1 Å². The Bertz CT molecular complexity index is 895. The second kappa shape index (κ2) is 6.61. The van der Waals surface area contributed by atoms with E-state index < -0.39 is 0 Å². The second-order valence-corrected chi connectivity index (χ2v) is 6.67. The molecule has 2 N–H and O–H groups in total. The summed E-state index contributed by atoms with van der Waals surface area (Å²) in [6, 6.07) is 6.58. The molecule has 0 amide bonds. The van der Waals surface area contributed by atoms with Gasteiger partial charge in [0.25, 0.3) is 0 Å². The molecule has 6 heteroatoms. The SMILES string of the molecule is CCN1CCc2c(-c3cc(F)ccc3OC)cc3c(c2C1)NC/C3=N\O. The average molecular weight is 355 g/mol. The molecular weight excluding hydrogens is 333 g/mol. The summed E-state index contributed by atoms with van der Waals surface area (Å²) in [7, 11) is 1.59. The highest BCUT2D eigenvalue weighted by molar-refractivity contribution is 6.13. The molecule has 4 rings (SSSR count). The molecule has 0 unspecified atom stereocenters. The third kappa shape index (κ3) is 2.61. The first-order valence-corrected chi connectivity index (χ1v) is 8.86. The molecule has 5 nitrogen and oxygen atoms in total. The number of methoxy groups -OCH3 is 1. The predicted molar refractivity (Wildman–Crippen MR) is 99.9 cm³/mol. The maximum Gasteiger partial charge on any atom is 0.126 e. The molecule has 0 saturated carbocycles. The van der Waals surface area contributed by atoms with Crippen LogP contribution >= 0.6 is 0 Å². The first-order valence-electron chi connectivity index (χ1n) is 8.86. The van der Waals surface area contributed by atoms with Crippen LogP contribution in [0.15, 0.2) is 29.4 Å². The van der Waals surface area contributed by atoms with Gasteiger partial charge in [-0.2, -0.15) is 0 Å². The second-order valence-electron chi connectivity index (χ2n) is 6.67. The number of benzene rings is 2. The Morgan fingerprint density at radius 3 is 2.81 bits per heavy atom. The Morgan fingerprint density at radius 1 is 1.23 bits per heavy atom. The van der Waals surface area contributed by atoms with Gasteiger partial charge >= 0.3 is 0 Å². The van der Waals surface area contributed by atoms with Crippen molar-refractivity contribution in [3.05, 3.63) is 46.8 Å². The number of rotatable bonds is 3. The lowest BCUT2D eigenvalue weighted by molar-refractivity contribution is 0.269. The van der Waals surface area contributed by atoms with Crippen molar-refractivity contribution in [3.8, 4) is 16.9 Å². The summed E-state index contributed by atoms with van der Waals surface area (Å²) in [4.78, 5) is 2.38. The summed E-state index contributed by atoms with van der Waals surface area (Å²) in [5.74, 6) is 0.343. The first-order chi connectivity index (χ1) is 12.7. The van der Waals surface area contributed by atoms with Crippen molar-refractivity contribution in [1.82, 2.24) is 4.90 Å². The van der Waals surface area contributed by atoms with Gasteiger partial charge in [0, 0.05) is 29.9 Å². The molecule has 2 aliphatic heterocycles. The van der Waals surface area contributed by atoms with Crippen molar-refractivity contribution in [3.63, 3.8) is 0 Å². The quantitative estimate of drug-likeness (QED) is 0.654. The highest BCUT2D eigenvalue weighted by Crippen LogP contribution is 2.42. The molecular formula is C20H22FN3O2. The van der Waals surface area contributed by atoms with Gasteiger partial charge in [-0.25, -0.2) is 4.39 Å². The standard InChI is InChI=1S/C20H22FN3O2/c1-3-24-7-6-13-14(15-8-12(21)4-5-19(15)26-2)9-16-18(23-25)10-22-20(16)17(13)11-24/h4-5,8-9,22,25H,3,6-7,10-11H2,1-2H3/b23-18+. The summed E-state index contributed by atoms with van der Waals surface area (Å²) in [6.07, 6.45) is 0.888. The van der Waals surface area contributed by atoms with E-state index in [1.54, 1.807) is 13.2 Å². The maximum atomic E-state index is 14.0. The normalized spacial score (nSPS) is 17.7. The van der Waals surface area contributed by atoms with Crippen LogP contribution in [-0.4, -0.2) is 42.6 Å². The molecule has 0 spiro atoms. The van der Waals surface area contributed by atoms with E-state index in [-0.39, 0.29) is 5.82 Å². The summed E-state index contributed by atoms with van der Waals surface area (Å²) in [5.41, 5.74) is 6.62. The predicted octanol–water partition coefficient (Wildman–Crippen LogP) is 3.48. The summed E-state index contributed by atoms with van der Waals surface area (Å²) in [5, 5.41) is 16.2. The number of likely N-dealkylation sites (N-methyl/N-ethyl adjacent to an activating group) is 1. The Balaban J connectivity index is 1.98. The molecule has 0 aromatic heterocycles. The number of hydrogen-bond donors (Lipinski definition) is 2. The number of anilines is 1. The zero-order chi connectivity index (χ0) is 18.3. The van der Waals surface area contributed by atoms with E-state index in [1.165, 1.54) is 23.3 Å². The van der Waals surface area contributed by atoms with E-state index in [9.17, 15) is 9.60 Å². The molecule has 2 heterocycles. The summed E-state index contributed by atoms with van der Waals surface area (Å²) in [6.45, 7) is 5.41. The number of oxime groups is 1. The van der Waals surface area contributed by atoms with E-state index in [4.69, 9.17) is 4.74 Å². The molecule has 26 heavy (non-hydrogen) atoms. The molecule has 136 valence electrons. The monoisotopic (exact) mass is 355 g/mol. The number of halogens is 1. The Labute approximate surface area is 152 Å². The maximum absolute atomic E-state index is 14.0. The molecule has 0 bridgehead atoms. The molecule has 2 aromatic rings. The van der Waals surface area contributed by atoms with Crippen molar-refractivity contribution in [2.45, 2.75) is 19.9 Å². The van der Waals surface area contributed by atoms with Gasteiger partial charge in [-0.3, -0.25) is 4.90 Å². The zero-order valence-corrected chi connectivity index (χ0v) is 15.0. The molecule has 0 fully saturated rings. The number of fused-ring (bicyclic) bond motifs is 3. The van der Waals surface area contributed by atoms with Crippen LogP contribution in [0.25, 0.3) is 11.1 Å². The van der Waals surface area contributed by atoms with Crippen LogP contribution in [0.1, 0.15) is 23.6 Å². The van der Waals surface area contributed by atoms with Crippen molar-refractivity contribution in [1.29, 1.82) is 0 Å². The molecule has 2 aliphatic rings. The third-order valence-electron chi connectivity index (χ3n) is 5.37. The lowest BCUT2D eigenvalue weighted by Crippen LogP contribution is -2.31. The van der Waals surface area contributed by atoms with E-state index in [2.05, 4.69) is 22.3 Å². The van der Waals surface area contributed by atoms with E-state index in [1.807, 2.05) is 6.07 Å². The Kier molecular flexibility index (Phi) is 4.28. The highest BCUT2D eigenvalue weighted by Gasteiger charge is 2.29. The zero-order valence-electron chi connectivity index (χ0n) is 15.0. The summed E-state index contributed by atoms with van der Waals surface area (Å²) < 4.78 is 19.5. The minimum atomic E-state index is -0.296. The number of ether oxygens (including phenoxy) is 1. The van der Waals surface area contributed by atoms with Gasteiger partial charge in [0.05, 0.1) is 13.7 Å². The number of hydrogen-bond acceptors (Lipinski definition) is 5. The topological polar surface area (TPSA) is 57.1 Å². The molecule has 2 aromatic carbocycles. The Morgan fingerprint density at radius 2 is 2.08 bits per heavy atom. The van der Waals surface area contributed by atoms with E-state index >= 15 is 0 Å².